The third kappa shape index (κ3) is 2.54. The third-order valence-corrected chi connectivity index (χ3v) is 4.09. The number of amides is 2. The molecule has 0 radical (unpaired) electrons. The van der Waals surface area contributed by atoms with E-state index in [-0.39, 0.29) is 30.4 Å². The summed E-state index contributed by atoms with van der Waals surface area (Å²) < 4.78 is 0. The molecule has 1 saturated carbocycles. The first kappa shape index (κ1) is 13.1. The Morgan fingerprint density at radius 2 is 1.75 bits per heavy atom. The van der Waals surface area contributed by atoms with E-state index in [1.165, 1.54) is 10.5 Å². The zero-order valence-electron chi connectivity index (χ0n) is 11.6. The molecule has 0 aromatic heterocycles. The highest BCUT2D eigenvalue weighted by Gasteiger charge is 2.38. The number of rotatable bonds is 3. The molecule has 5 heteroatoms. The van der Waals surface area contributed by atoms with Gasteiger partial charge in [-0.3, -0.25) is 9.59 Å². The Kier molecular flexibility index (Phi) is 3.01. The normalized spacial score (nSPS) is 21.3. The maximum Gasteiger partial charge on any atom is 0.247 e. The van der Waals surface area contributed by atoms with E-state index in [0.717, 1.165) is 24.9 Å². The van der Waals surface area contributed by atoms with Crippen LogP contribution in [-0.2, 0) is 16.0 Å². The molecule has 1 aromatic rings. The number of hydrogen-bond acceptors (Lipinski definition) is 3. The number of carbonyl (C=O) groups excluding carboxylic acids is 2. The molecule has 0 bridgehead atoms. The lowest BCUT2D eigenvalue weighted by Gasteiger charge is -2.31. The molecule has 0 unspecified atom stereocenters. The van der Waals surface area contributed by atoms with Crippen LogP contribution in [0.25, 0.3) is 0 Å². The number of piperazine rings is 1. The number of nitrogens with zero attached hydrogens (tertiary/aromatic N) is 2. The summed E-state index contributed by atoms with van der Waals surface area (Å²) in [5.41, 5.74) is 8.05. The van der Waals surface area contributed by atoms with Crippen LogP contribution in [0.15, 0.2) is 24.3 Å². The van der Waals surface area contributed by atoms with Gasteiger partial charge >= 0.3 is 0 Å². The largest absolute Gasteiger partial charge is 0.335 e. The molecule has 2 aliphatic rings. The van der Waals surface area contributed by atoms with Gasteiger partial charge in [0.15, 0.2) is 0 Å². The third-order valence-electron chi connectivity index (χ3n) is 4.09. The van der Waals surface area contributed by atoms with Gasteiger partial charge in [0.1, 0.15) is 6.54 Å². The van der Waals surface area contributed by atoms with Crippen molar-refractivity contribution in [2.45, 2.75) is 24.8 Å². The minimum absolute atomic E-state index is 0.0128. The number of anilines is 1. The van der Waals surface area contributed by atoms with Crippen LogP contribution in [0.1, 0.15) is 18.4 Å². The van der Waals surface area contributed by atoms with Gasteiger partial charge in [-0.2, -0.15) is 0 Å². The zero-order chi connectivity index (χ0) is 14.3. The molecule has 106 valence electrons. The number of carbonyl (C=O) groups is 2. The lowest BCUT2D eigenvalue weighted by Crippen LogP contribution is -2.52. The number of benzene rings is 1. The van der Waals surface area contributed by atoms with Crippen molar-refractivity contribution >= 4 is 17.5 Å². The molecule has 2 amide bonds. The van der Waals surface area contributed by atoms with Gasteiger partial charge in [-0.1, -0.05) is 12.1 Å². The number of hydrogen-bond donors (Lipinski definition) is 1. The van der Waals surface area contributed by atoms with Crippen molar-refractivity contribution in [3.05, 3.63) is 29.8 Å². The van der Waals surface area contributed by atoms with Gasteiger partial charge in [0.2, 0.25) is 11.8 Å². The standard InChI is InChI=1S/C15H19N3O2/c1-17-9-14(20)18(10-13(17)19)12-4-2-11(3-5-12)8-15(16)6-7-15/h2-5H,6-10,16H2,1H3. The molecule has 1 aromatic carbocycles. The highest BCUT2D eigenvalue weighted by molar-refractivity contribution is 6.04. The monoisotopic (exact) mass is 273 g/mol. The fourth-order valence-electron chi connectivity index (χ4n) is 2.49. The second-order valence-corrected chi connectivity index (χ2v) is 5.94. The summed E-state index contributed by atoms with van der Waals surface area (Å²) in [6.07, 6.45) is 3.04. The molecule has 2 fully saturated rings. The number of nitrogens with two attached hydrogens (primary N) is 1. The Morgan fingerprint density at radius 1 is 1.10 bits per heavy atom. The maximum atomic E-state index is 12.0. The highest BCUT2D eigenvalue weighted by atomic mass is 16.2. The van der Waals surface area contributed by atoms with Crippen LogP contribution in [0.3, 0.4) is 0 Å². The molecule has 1 aliphatic heterocycles. The minimum Gasteiger partial charge on any atom is -0.335 e. The Balaban J connectivity index is 1.73. The van der Waals surface area contributed by atoms with Gasteiger partial charge in [-0.05, 0) is 37.0 Å². The predicted octanol–water partition coefficient (Wildman–Crippen LogP) is 0.525. The summed E-state index contributed by atoms with van der Waals surface area (Å²) in [6.45, 7) is 0.266. The average molecular weight is 273 g/mol. The smallest absolute Gasteiger partial charge is 0.247 e. The first-order valence-electron chi connectivity index (χ1n) is 6.89. The van der Waals surface area contributed by atoms with E-state index in [0.29, 0.717) is 0 Å². The first-order chi connectivity index (χ1) is 9.47. The second-order valence-electron chi connectivity index (χ2n) is 5.94. The highest BCUT2D eigenvalue weighted by Crippen LogP contribution is 2.35. The van der Waals surface area contributed by atoms with Crippen LogP contribution in [0.5, 0.6) is 0 Å². The van der Waals surface area contributed by atoms with Gasteiger partial charge < -0.3 is 15.5 Å². The molecular formula is C15H19N3O2. The van der Waals surface area contributed by atoms with Gasteiger partial charge in [-0.25, -0.2) is 0 Å². The molecule has 20 heavy (non-hydrogen) atoms. The Labute approximate surface area is 118 Å². The van der Waals surface area contributed by atoms with E-state index < -0.39 is 0 Å². The molecule has 2 N–H and O–H groups in total. The van der Waals surface area contributed by atoms with Crippen LogP contribution >= 0.6 is 0 Å². The van der Waals surface area contributed by atoms with Crippen molar-refractivity contribution in [1.29, 1.82) is 0 Å². The van der Waals surface area contributed by atoms with E-state index in [9.17, 15) is 9.59 Å². The van der Waals surface area contributed by atoms with Crippen LogP contribution in [-0.4, -0.2) is 42.4 Å². The SMILES string of the molecule is CN1CC(=O)N(c2ccc(CC3(N)CC3)cc2)CC1=O. The first-order valence-corrected chi connectivity index (χ1v) is 6.89. The Morgan fingerprint density at radius 3 is 2.35 bits per heavy atom. The molecule has 0 atom stereocenters. The lowest BCUT2D eigenvalue weighted by molar-refractivity contribution is -0.136. The molecule has 5 nitrogen and oxygen atoms in total. The Hall–Kier alpha value is -1.88. The van der Waals surface area contributed by atoms with Crippen molar-refractivity contribution in [3.8, 4) is 0 Å². The van der Waals surface area contributed by atoms with E-state index in [2.05, 4.69) is 0 Å². The van der Waals surface area contributed by atoms with Crippen LogP contribution in [0.4, 0.5) is 5.69 Å². The maximum absolute atomic E-state index is 12.0. The molecule has 3 rings (SSSR count). The summed E-state index contributed by atoms with van der Waals surface area (Å²) in [6, 6.07) is 7.80. The molecule has 1 saturated heterocycles. The summed E-state index contributed by atoms with van der Waals surface area (Å²) in [5, 5.41) is 0. The van der Waals surface area contributed by atoms with E-state index >= 15 is 0 Å². The Bertz CT molecular complexity index is 549. The van der Waals surface area contributed by atoms with Gasteiger partial charge in [0.05, 0.1) is 6.54 Å². The average Bonchev–Trinajstić information content (AvgIpc) is 3.12. The summed E-state index contributed by atoms with van der Waals surface area (Å²) >= 11 is 0. The quantitative estimate of drug-likeness (QED) is 0.873. The van der Waals surface area contributed by atoms with E-state index in [1.807, 2.05) is 24.3 Å². The van der Waals surface area contributed by atoms with E-state index in [4.69, 9.17) is 5.73 Å². The summed E-state index contributed by atoms with van der Waals surface area (Å²) in [7, 11) is 1.65. The minimum atomic E-state index is -0.0441. The predicted molar refractivity (Wildman–Crippen MR) is 76.3 cm³/mol. The van der Waals surface area contributed by atoms with Crippen molar-refractivity contribution in [2.75, 3.05) is 25.0 Å². The number of likely N-dealkylation sites (N-methyl/N-ethyl adjacent to an activating group) is 1. The molecule has 0 spiro atoms. The molecule has 1 aliphatic carbocycles. The lowest BCUT2D eigenvalue weighted by atomic mass is 10.0. The van der Waals surface area contributed by atoms with Gasteiger partial charge in [0, 0.05) is 18.3 Å². The topological polar surface area (TPSA) is 66.6 Å². The van der Waals surface area contributed by atoms with Gasteiger partial charge in [-0.15, -0.1) is 0 Å². The van der Waals surface area contributed by atoms with Crippen molar-refractivity contribution in [3.63, 3.8) is 0 Å². The van der Waals surface area contributed by atoms with Crippen molar-refractivity contribution in [1.82, 2.24) is 4.90 Å². The van der Waals surface area contributed by atoms with Gasteiger partial charge in [0.25, 0.3) is 0 Å². The fraction of sp³-hybridized carbons (Fsp3) is 0.467. The fourth-order valence-corrected chi connectivity index (χ4v) is 2.49. The van der Waals surface area contributed by atoms with Crippen LogP contribution in [0.2, 0.25) is 0 Å². The van der Waals surface area contributed by atoms with Crippen molar-refractivity contribution < 1.29 is 9.59 Å². The van der Waals surface area contributed by atoms with Crippen molar-refractivity contribution in [2.24, 2.45) is 5.73 Å². The van der Waals surface area contributed by atoms with E-state index in [1.54, 1.807) is 11.9 Å². The van der Waals surface area contributed by atoms with Crippen LogP contribution in [0, 0.1) is 0 Å². The second kappa shape index (κ2) is 4.59. The zero-order valence-corrected chi connectivity index (χ0v) is 11.6. The summed E-state index contributed by atoms with van der Waals surface area (Å²) in [5.74, 6) is -0.0788. The molecule has 1 heterocycles. The molecular weight excluding hydrogens is 254 g/mol. The summed E-state index contributed by atoms with van der Waals surface area (Å²) in [4.78, 5) is 26.7. The van der Waals surface area contributed by atoms with Crippen LogP contribution < -0.4 is 10.6 Å².